The number of hydrogen-bond acceptors (Lipinski definition) is 8. The first-order valence-corrected chi connectivity index (χ1v) is 9.17. The summed E-state index contributed by atoms with van der Waals surface area (Å²) in [6.07, 6.45) is 1.97. The average Bonchev–Trinajstić information content (AvgIpc) is 2.61. The van der Waals surface area contributed by atoms with Crippen molar-refractivity contribution in [2.24, 2.45) is 5.73 Å². The molecule has 150 valence electrons. The molecule has 0 aliphatic rings. The smallest absolute Gasteiger partial charge is 0.326 e. The van der Waals surface area contributed by atoms with E-state index in [1.165, 1.54) is 18.7 Å². The monoisotopic (exact) mass is 394 g/mol. The van der Waals surface area contributed by atoms with Gasteiger partial charge in [-0.05, 0) is 25.4 Å². The largest absolute Gasteiger partial charge is 0.480 e. The third kappa shape index (κ3) is 8.47. The lowest BCUT2D eigenvalue weighted by molar-refractivity contribution is -0.142. The summed E-state index contributed by atoms with van der Waals surface area (Å²) in [5.74, 6) is -3.13. The van der Waals surface area contributed by atoms with E-state index in [4.69, 9.17) is 15.9 Å². The molecule has 0 aliphatic carbocycles. The molecule has 26 heavy (non-hydrogen) atoms. The Balaban J connectivity index is 4.75. The molecule has 0 saturated heterocycles. The lowest BCUT2D eigenvalue weighted by Crippen LogP contribution is -2.57. The van der Waals surface area contributed by atoms with Crippen molar-refractivity contribution in [1.29, 1.82) is 0 Å². The molecular formula is C14H26N4O7S. The van der Waals surface area contributed by atoms with Crippen LogP contribution in [0.5, 0.6) is 0 Å². The third-order valence-electron chi connectivity index (χ3n) is 3.33. The summed E-state index contributed by atoms with van der Waals surface area (Å²) in [4.78, 5) is 46.8. The third-order valence-corrected chi connectivity index (χ3v) is 3.97. The maximum absolute atomic E-state index is 12.1. The number of aliphatic carboxylic acids is 1. The lowest BCUT2D eigenvalue weighted by Gasteiger charge is -2.22. The molecule has 0 bridgehead atoms. The summed E-state index contributed by atoms with van der Waals surface area (Å²) in [5, 5.41) is 33.9. The van der Waals surface area contributed by atoms with Crippen LogP contribution in [0.3, 0.4) is 0 Å². The molecule has 0 rings (SSSR count). The predicted molar refractivity (Wildman–Crippen MR) is 94.2 cm³/mol. The second kappa shape index (κ2) is 12.5. The number of thioether (sulfide) groups is 1. The van der Waals surface area contributed by atoms with Gasteiger partial charge in [-0.2, -0.15) is 11.8 Å². The first kappa shape index (κ1) is 24.1. The fourth-order valence-electron chi connectivity index (χ4n) is 1.73. The quantitative estimate of drug-likeness (QED) is 0.177. The maximum Gasteiger partial charge on any atom is 0.326 e. The summed E-state index contributed by atoms with van der Waals surface area (Å²) in [7, 11) is 0. The van der Waals surface area contributed by atoms with E-state index in [-0.39, 0.29) is 6.42 Å². The van der Waals surface area contributed by atoms with Crippen molar-refractivity contribution in [3.8, 4) is 0 Å². The van der Waals surface area contributed by atoms with E-state index >= 15 is 0 Å². The molecule has 3 amide bonds. The van der Waals surface area contributed by atoms with Crippen molar-refractivity contribution < 1.29 is 34.5 Å². The summed E-state index contributed by atoms with van der Waals surface area (Å²) in [6, 6.07) is -4.83. The predicted octanol–water partition coefficient (Wildman–Crippen LogP) is -3.39. The van der Waals surface area contributed by atoms with Gasteiger partial charge in [0.25, 0.3) is 0 Å². The fraction of sp³-hybridized carbons (Fsp3) is 0.714. The maximum atomic E-state index is 12.1. The first-order chi connectivity index (χ1) is 12.2. The van der Waals surface area contributed by atoms with Gasteiger partial charge in [0.15, 0.2) is 0 Å². The van der Waals surface area contributed by atoms with Crippen molar-refractivity contribution in [3.05, 3.63) is 0 Å². The standard InChI is InChI=1S/C14H26N4O7S/c1-7(16-12(22)8(15)5-19)11(21)18-10(6-20)13(23)17-9(14(24)25)3-4-26-2/h7-10,19-20H,3-6,15H2,1-2H3,(H,16,22)(H,17,23)(H,18,21)(H,24,25). The summed E-state index contributed by atoms with van der Waals surface area (Å²) >= 11 is 1.41. The highest BCUT2D eigenvalue weighted by molar-refractivity contribution is 7.98. The van der Waals surface area contributed by atoms with Gasteiger partial charge in [-0.15, -0.1) is 0 Å². The van der Waals surface area contributed by atoms with Crippen LogP contribution in [0.15, 0.2) is 0 Å². The van der Waals surface area contributed by atoms with Crippen LogP contribution in [0.4, 0.5) is 0 Å². The molecule has 8 N–H and O–H groups in total. The van der Waals surface area contributed by atoms with Gasteiger partial charge in [-0.1, -0.05) is 0 Å². The molecule has 0 aliphatic heterocycles. The van der Waals surface area contributed by atoms with Crippen LogP contribution in [0.1, 0.15) is 13.3 Å². The number of carbonyl (C=O) groups excluding carboxylic acids is 3. The molecule has 0 radical (unpaired) electrons. The Morgan fingerprint density at radius 1 is 0.962 bits per heavy atom. The van der Waals surface area contributed by atoms with E-state index in [0.29, 0.717) is 5.75 Å². The van der Waals surface area contributed by atoms with Crippen molar-refractivity contribution in [3.63, 3.8) is 0 Å². The number of rotatable bonds is 12. The number of amides is 3. The minimum atomic E-state index is -1.38. The zero-order chi connectivity index (χ0) is 20.3. The van der Waals surface area contributed by atoms with E-state index in [0.717, 1.165) is 0 Å². The molecule has 11 nitrogen and oxygen atoms in total. The van der Waals surface area contributed by atoms with Gasteiger partial charge in [-0.25, -0.2) is 4.79 Å². The highest BCUT2D eigenvalue weighted by Crippen LogP contribution is 2.02. The number of nitrogens with two attached hydrogens (primary N) is 1. The first-order valence-electron chi connectivity index (χ1n) is 7.78. The lowest BCUT2D eigenvalue weighted by atomic mass is 10.2. The fourth-order valence-corrected chi connectivity index (χ4v) is 2.20. The van der Waals surface area contributed by atoms with Crippen LogP contribution in [0.25, 0.3) is 0 Å². The molecule has 0 saturated carbocycles. The summed E-state index contributed by atoms with van der Waals surface area (Å²) < 4.78 is 0. The van der Waals surface area contributed by atoms with E-state index in [1.807, 2.05) is 0 Å². The number of hydrogen-bond donors (Lipinski definition) is 7. The Bertz CT molecular complexity index is 506. The SMILES string of the molecule is CSCCC(NC(=O)C(CO)NC(=O)C(C)NC(=O)C(N)CO)C(=O)O. The van der Waals surface area contributed by atoms with Crippen LogP contribution in [-0.2, 0) is 19.2 Å². The van der Waals surface area contributed by atoms with Gasteiger partial charge < -0.3 is 37.0 Å². The van der Waals surface area contributed by atoms with E-state index in [2.05, 4.69) is 16.0 Å². The van der Waals surface area contributed by atoms with Crippen LogP contribution in [-0.4, -0.2) is 88.4 Å². The minimum absolute atomic E-state index is 0.180. The minimum Gasteiger partial charge on any atom is -0.480 e. The molecular weight excluding hydrogens is 368 g/mol. The molecule has 0 spiro atoms. The van der Waals surface area contributed by atoms with Gasteiger partial charge in [0, 0.05) is 0 Å². The van der Waals surface area contributed by atoms with Gasteiger partial charge in [-0.3, -0.25) is 14.4 Å². The highest BCUT2D eigenvalue weighted by atomic mass is 32.2. The van der Waals surface area contributed by atoms with E-state index < -0.39 is 61.1 Å². The number of carboxylic acids is 1. The average molecular weight is 394 g/mol. The Labute approximate surface area is 155 Å². The van der Waals surface area contributed by atoms with Crippen LogP contribution in [0, 0.1) is 0 Å². The van der Waals surface area contributed by atoms with Crippen molar-refractivity contribution in [1.82, 2.24) is 16.0 Å². The molecule has 0 aromatic heterocycles. The molecule has 4 unspecified atom stereocenters. The number of carboxylic acid groups (broad SMARTS) is 1. The Morgan fingerprint density at radius 3 is 2.00 bits per heavy atom. The molecule has 0 heterocycles. The van der Waals surface area contributed by atoms with E-state index in [1.54, 1.807) is 6.26 Å². The van der Waals surface area contributed by atoms with Crippen molar-refractivity contribution >= 4 is 35.5 Å². The van der Waals surface area contributed by atoms with Gasteiger partial charge in [0.2, 0.25) is 17.7 Å². The molecule has 0 aromatic carbocycles. The topological polar surface area (TPSA) is 191 Å². The normalized spacial score (nSPS) is 15.3. The number of carbonyl (C=O) groups is 4. The zero-order valence-corrected chi connectivity index (χ0v) is 15.4. The summed E-state index contributed by atoms with van der Waals surface area (Å²) in [6.45, 7) is -0.0417. The Morgan fingerprint density at radius 2 is 1.54 bits per heavy atom. The van der Waals surface area contributed by atoms with Gasteiger partial charge >= 0.3 is 5.97 Å². The molecule has 0 aromatic rings. The highest BCUT2D eigenvalue weighted by Gasteiger charge is 2.28. The Kier molecular flexibility index (Phi) is 11.6. The molecule has 4 atom stereocenters. The number of nitrogens with one attached hydrogen (secondary N) is 3. The van der Waals surface area contributed by atoms with Crippen molar-refractivity contribution in [2.45, 2.75) is 37.5 Å². The van der Waals surface area contributed by atoms with Crippen molar-refractivity contribution in [2.75, 3.05) is 25.2 Å². The van der Waals surface area contributed by atoms with E-state index in [9.17, 15) is 24.3 Å². The Hall–Kier alpha value is -1.89. The van der Waals surface area contributed by atoms with Crippen LogP contribution < -0.4 is 21.7 Å². The van der Waals surface area contributed by atoms with Crippen LogP contribution in [0.2, 0.25) is 0 Å². The van der Waals surface area contributed by atoms with Gasteiger partial charge in [0.05, 0.1) is 13.2 Å². The second-order valence-electron chi connectivity index (χ2n) is 5.44. The number of aliphatic hydroxyl groups excluding tert-OH is 2. The second-order valence-corrected chi connectivity index (χ2v) is 6.43. The number of aliphatic hydroxyl groups is 2. The van der Waals surface area contributed by atoms with Gasteiger partial charge in [0.1, 0.15) is 24.2 Å². The molecule has 0 fully saturated rings. The molecule has 12 heteroatoms. The zero-order valence-electron chi connectivity index (χ0n) is 14.6. The summed E-state index contributed by atoms with van der Waals surface area (Å²) in [5.41, 5.74) is 5.31. The van der Waals surface area contributed by atoms with Crippen LogP contribution >= 0.6 is 11.8 Å².